The second kappa shape index (κ2) is 8.34. The molecule has 1 aliphatic rings. The molecular weight excluding hydrogens is 372 g/mol. The van der Waals surface area contributed by atoms with Gasteiger partial charge in [0.1, 0.15) is 4.90 Å². The van der Waals surface area contributed by atoms with E-state index >= 15 is 0 Å². The highest BCUT2D eigenvalue weighted by atomic mass is 32.2. The van der Waals surface area contributed by atoms with E-state index in [-0.39, 0.29) is 4.90 Å². The van der Waals surface area contributed by atoms with Crippen LogP contribution in [0, 0.1) is 5.92 Å². The second-order valence-electron chi connectivity index (χ2n) is 7.29. The first-order valence-corrected chi connectivity index (χ1v) is 11.0. The Morgan fingerprint density at radius 1 is 1.11 bits per heavy atom. The molecule has 3 heterocycles. The maximum absolute atomic E-state index is 12.9. The highest BCUT2D eigenvalue weighted by Gasteiger charge is 2.24. The van der Waals surface area contributed by atoms with Crippen molar-refractivity contribution in [1.29, 1.82) is 0 Å². The molecule has 1 fully saturated rings. The fourth-order valence-corrected chi connectivity index (χ4v) is 5.10. The molecule has 0 bridgehead atoms. The molecule has 1 aromatic carbocycles. The lowest BCUT2D eigenvalue weighted by atomic mass is 9.98. The molecular formula is C21H24N4O2S. The highest BCUT2D eigenvalue weighted by molar-refractivity contribution is 7.89. The summed E-state index contributed by atoms with van der Waals surface area (Å²) < 4.78 is 28.6. The highest BCUT2D eigenvalue weighted by Crippen LogP contribution is 2.22. The van der Waals surface area contributed by atoms with E-state index in [1.807, 2.05) is 30.5 Å². The number of para-hydroxylation sites is 1. The molecule has 6 nitrogen and oxygen atoms in total. The van der Waals surface area contributed by atoms with E-state index in [4.69, 9.17) is 0 Å². The number of benzene rings is 1. The van der Waals surface area contributed by atoms with Crippen LogP contribution in [-0.2, 0) is 16.6 Å². The van der Waals surface area contributed by atoms with Crippen molar-refractivity contribution in [2.75, 3.05) is 19.6 Å². The number of pyridine rings is 2. The van der Waals surface area contributed by atoms with Crippen LogP contribution in [-0.4, -0.2) is 42.9 Å². The Labute approximate surface area is 165 Å². The van der Waals surface area contributed by atoms with Crippen LogP contribution in [0.2, 0.25) is 0 Å². The Hall–Kier alpha value is -2.35. The van der Waals surface area contributed by atoms with Crippen LogP contribution in [0.1, 0.15) is 18.4 Å². The van der Waals surface area contributed by atoms with Crippen molar-refractivity contribution in [1.82, 2.24) is 19.6 Å². The van der Waals surface area contributed by atoms with Crippen LogP contribution < -0.4 is 4.72 Å². The molecule has 0 radical (unpaired) electrons. The smallest absolute Gasteiger partial charge is 0.242 e. The predicted molar refractivity (Wildman–Crippen MR) is 109 cm³/mol. The summed E-state index contributed by atoms with van der Waals surface area (Å²) in [5.41, 5.74) is 1.70. The van der Waals surface area contributed by atoms with E-state index < -0.39 is 10.0 Å². The third-order valence-electron chi connectivity index (χ3n) is 5.18. The van der Waals surface area contributed by atoms with Gasteiger partial charge in [0.05, 0.1) is 5.52 Å². The summed E-state index contributed by atoms with van der Waals surface area (Å²) in [5, 5.41) is 0.825. The van der Waals surface area contributed by atoms with E-state index in [9.17, 15) is 8.42 Å². The van der Waals surface area contributed by atoms with Crippen molar-refractivity contribution < 1.29 is 8.42 Å². The summed E-state index contributed by atoms with van der Waals surface area (Å²) in [4.78, 5) is 11.1. The molecule has 1 unspecified atom stereocenters. The third kappa shape index (κ3) is 4.38. The quantitative estimate of drug-likeness (QED) is 0.693. The van der Waals surface area contributed by atoms with Crippen molar-refractivity contribution in [2.24, 2.45) is 5.92 Å². The molecule has 0 spiro atoms. The zero-order valence-electron chi connectivity index (χ0n) is 15.7. The van der Waals surface area contributed by atoms with Crippen molar-refractivity contribution >= 4 is 20.9 Å². The minimum atomic E-state index is -3.60. The molecule has 0 saturated carbocycles. The maximum Gasteiger partial charge on any atom is 0.242 e. The monoisotopic (exact) mass is 396 g/mol. The van der Waals surface area contributed by atoms with Gasteiger partial charge in [0.25, 0.3) is 0 Å². The van der Waals surface area contributed by atoms with Crippen molar-refractivity contribution in [3.8, 4) is 0 Å². The summed E-state index contributed by atoms with van der Waals surface area (Å²) in [7, 11) is -3.60. The number of nitrogens with one attached hydrogen (secondary N) is 1. The average Bonchev–Trinajstić information content (AvgIpc) is 2.73. The van der Waals surface area contributed by atoms with E-state index in [1.54, 1.807) is 24.5 Å². The van der Waals surface area contributed by atoms with E-state index in [1.165, 1.54) is 5.56 Å². The van der Waals surface area contributed by atoms with Crippen molar-refractivity contribution in [3.63, 3.8) is 0 Å². The largest absolute Gasteiger partial charge is 0.299 e. The molecule has 7 heteroatoms. The van der Waals surface area contributed by atoms with Gasteiger partial charge < -0.3 is 0 Å². The lowest BCUT2D eigenvalue weighted by molar-refractivity contribution is 0.168. The molecule has 0 amide bonds. The lowest BCUT2D eigenvalue weighted by Gasteiger charge is -2.32. The van der Waals surface area contributed by atoms with Crippen LogP contribution >= 0.6 is 0 Å². The number of hydrogen-bond donors (Lipinski definition) is 1. The van der Waals surface area contributed by atoms with Crippen LogP contribution in [0.25, 0.3) is 10.9 Å². The van der Waals surface area contributed by atoms with Gasteiger partial charge in [0, 0.05) is 43.6 Å². The number of sulfonamides is 1. The molecule has 2 aromatic heterocycles. The topological polar surface area (TPSA) is 75.2 Å². The van der Waals surface area contributed by atoms with Gasteiger partial charge in [-0.3, -0.25) is 14.9 Å². The molecule has 4 rings (SSSR count). The second-order valence-corrected chi connectivity index (χ2v) is 9.02. The normalized spacial score (nSPS) is 18.4. The Morgan fingerprint density at radius 3 is 2.82 bits per heavy atom. The average molecular weight is 397 g/mol. The molecule has 1 aliphatic heterocycles. The first kappa shape index (κ1) is 19.0. The van der Waals surface area contributed by atoms with Crippen LogP contribution in [0.4, 0.5) is 0 Å². The van der Waals surface area contributed by atoms with Gasteiger partial charge in [-0.05, 0) is 49.1 Å². The predicted octanol–water partition coefficient (Wildman–Crippen LogP) is 2.82. The zero-order valence-corrected chi connectivity index (χ0v) is 16.5. The Balaban J connectivity index is 1.41. The summed E-state index contributed by atoms with van der Waals surface area (Å²) in [5.74, 6) is 0.295. The maximum atomic E-state index is 12.9. The number of hydrogen-bond acceptors (Lipinski definition) is 5. The first-order valence-electron chi connectivity index (χ1n) is 9.56. The number of piperidine rings is 1. The van der Waals surface area contributed by atoms with Crippen LogP contribution in [0.5, 0.6) is 0 Å². The number of rotatable bonds is 6. The van der Waals surface area contributed by atoms with Crippen molar-refractivity contribution in [2.45, 2.75) is 24.3 Å². The number of fused-ring (bicyclic) bond motifs is 1. The molecule has 1 saturated heterocycles. The lowest BCUT2D eigenvalue weighted by Crippen LogP contribution is -2.40. The SMILES string of the molecule is O=S(=O)(NCC1CCCN(Cc2cccnc2)C1)c1cccc2cccnc12. The fourth-order valence-electron chi connectivity index (χ4n) is 3.81. The van der Waals surface area contributed by atoms with Gasteiger partial charge in [-0.1, -0.05) is 24.3 Å². The molecule has 1 N–H and O–H groups in total. The van der Waals surface area contributed by atoms with Crippen LogP contribution in [0.3, 0.4) is 0 Å². The van der Waals surface area contributed by atoms with Crippen molar-refractivity contribution in [3.05, 3.63) is 66.6 Å². The summed E-state index contributed by atoms with van der Waals surface area (Å²) in [6.07, 6.45) is 7.39. The molecule has 1 atom stereocenters. The minimum Gasteiger partial charge on any atom is -0.299 e. The van der Waals surface area contributed by atoms with Gasteiger partial charge in [0.15, 0.2) is 0 Å². The Kier molecular flexibility index (Phi) is 5.66. The molecule has 146 valence electrons. The number of aromatic nitrogens is 2. The zero-order chi connectivity index (χ0) is 19.4. The Morgan fingerprint density at radius 2 is 1.96 bits per heavy atom. The van der Waals surface area contributed by atoms with Crippen LogP contribution in [0.15, 0.2) is 66.0 Å². The summed E-state index contributed by atoms with van der Waals surface area (Å²) >= 11 is 0. The third-order valence-corrected chi connectivity index (χ3v) is 6.63. The summed E-state index contributed by atoms with van der Waals surface area (Å²) in [6.45, 7) is 3.20. The first-order chi connectivity index (χ1) is 13.6. The van der Waals surface area contributed by atoms with Gasteiger partial charge >= 0.3 is 0 Å². The number of nitrogens with zero attached hydrogens (tertiary/aromatic N) is 3. The van der Waals surface area contributed by atoms with Gasteiger partial charge in [-0.25, -0.2) is 13.1 Å². The van der Waals surface area contributed by atoms with E-state index in [2.05, 4.69) is 25.7 Å². The van der Waals surface area contributed by atoms with Gasteiger partial charge in [-0.15, -0.1) is 0 Å². The Bertz CT molecular complexity index is 1040. The van der Waals surface area contributed by atoms with Gasteiger partial charge in [-0.2, -0.15) is 0 Å². The molecule has 0 aliphatic carbocycles. The van der Waals surface area contributed by atoms with Gasteiger partial charge in [0.2, 0.25) is 10.0 Å². The number of likely N-dealkylation sites (tertiary alicyclic amines) is 1. The van der Waals surface area contributed by atoms with E-state index in [0.717, 1.165) is 37.9 Å². The minimum absolute atomic E-state index is 0.244. The molecule has 3 aromatic rings. The fraction of sp³-hybridized carbons (Fsp3) is 0.333. The molecule has 28 heavy (non-hydrogen) atoms. The summed E-state index contributed by atoms with van der Waals surface area (Å²) in [6, 6.07) is 13.0. The van der Waals surface area contributed by atoms with E-state index in [0.29, 0.717) is 18.0 Å². The standard InChI is InChI=1S/C21H24N4O2S/c26-28(27,20-9-1-7-19-8-3-11-23-21(19)20)24-14-18-6-4-12-25(16-18)15-17-5-2-10-22-13-17/h1-3,5,7-11,13,18,24H,4,6,12,14-16H2.